The van der Waals surface area contributed by atoms with E-state index >= 15 is 0 Å². The molecule has 1 aromatic rings. The summed E-state index contributed by atoms with van der Waals surface area (Å²) in [7, 11) is 0. The zero-order chi connectivity index (χ0) is 14.3. The molecular formula is C18H29N. The van der Waals surface area contributed by atoms with Gasteiger partial charge in [0.1, 0.15) is 0 Å². The van der Waals surface area contributed by atoms with Gasteiger partial charge in [0.15, 0.2) is 0 Å². The smallest absolute Gasteiger partial charge is 0.0210 e. The summed E-state index contributed by atoms with van der Waals surface area (Å²) in [6.07, 6.45) is 4.67. The van der Waals surface area contributed by atoms with Crippen molar-refractivity contribution < 1.29 is 0 Å². The van der Waals surface area contributed by atoms with E-state index in [1.807, 2.05) is 0 Å². The Kier molecular flexibility index (Phi) is 6.30. The van der Waals surface area contributed by atoms with Crippen molar-refractivity contribution in [1.29, 1.82) is 0 Å². The summed E-state index contributed by atoms with van der Waals surface area (Å²) in [4.78, 5) is 0. The van der Waals surface area contributed by atoms with Gasteiger partial charge >= 0.3 is 0 Å². The Balaban J connectivity index is 2.43. The summed E-state index contributed by atoms with van der Waals surface area (Å²) in [6.45, 7) is 12.3. The van der Waals surface area contributed by atoms with Crippen LogP contribution in [-0.4, -0.2) is 5.54 Å². The zero-order valence-electron chi connectivity index (χ0n) is 13.2. The molecule has 1 rings (SSSR count). The molecule has 106 valence electrons. The number of allylic oxidation sites excluding steroid dienone is 1. The average Bonchev–Trinajstić information content (AvgIpc) is 2.35. The molecule has 0 atom stereocenters. The number of nitrogens with one attached hydrogen (secondary N) is 1. The standard InChI is InChI=1S/C18H29N/c1-15(2)13-16(3)11-12-18(4,5)19-14-17-9-7-6-8-10-17/h6-11,15,19H,12-14H2,1-5H3/b16-11+. The van der Waals surface area contributed by atoms with Gasteiger partial charge in [0.05, 0.1) is 0 Å². The van der Waals surface area contributed by atoms with Crippen LogP contribution in [-0.2, 0) is 6.54 Å². The number of rotatable bonds is 7. The Labute approximate surface area is 119 Å². The first-order valence-electron chi connectivity index (χ1n) is 7.33. The molecule has 0 aliphatic rings. The third-order valence-corrected chi connectivity index (χ3v) is 3.30. The van der Waals surface area contributed by atoms with E-state index in [4.69, 9.17) is 0 Å². The third kappa shape index (κ3) is 7.17. The predicted molar refractivity (Wildman–Crippen MR) is 85.2 cm³/mol. The van der Waals surface area contributed by atoms with Gasteiger partial charge in [-0.3, -0.25) is 0 Å². The molecule has 1 nitrogen and oxygen atoms in total. The lowest BCUT2D eigenvalue weighted by Crippen LogP contribution is -2.38. The van der Waals surface area contributed by atoms with Crippen LogP contribution in [0, 0.1) is 5.92 Å². The van der Waals surface area contributed by atoms with Crippen molar-refractivity contribution in [3.8, 4) is 0 Å². The molecule has 1 aromatic carbocycles. The summed E-state index contributed by atoms with van der Waals surface area (Å²) < 4.78 is 0. The van der Waals surface area contributed by atoms with E-state index in [1.165, 1.54) is 17.6 Å². The monoisotopic (exact) mass is 259 g/mol. The van der Waals surface area contributed by atoms with E-state index in [0.29, 0.717) is 0 Å². The first kappa shape index (κ1) is 16.0. The Morgan fingerprint density at radius 3 is 2.42 bits per heavy atom. The molecule has 0 saturated heterocycles. The molecule has 0 unspecified atom stereocenters. The molecule has 0 aliphatic heterocycles. The van der Waals surface area contributed by atoms with E-state index in [0.717, 1.165) is 18.9 Å². The van der Waals surface area contributed by atoms with Gasteiger partial charge in [0, 0.05) is 12.1 Å². The summed E-state index contributed by atoms with van der Waals surface area (Å²) >= 11 is 0. The molecule has 0 radical (unpaired) electrons. The lowest BCUT2D eigenvalue weighted by molar-refractivity contribution is 0.389. The minimum atomic E-state index is 0.147. The van der Waals surface area contributed by atoms with Crippen LogP contribution in [0.2, 0.25) is 0 Å². The van der Waals surface area contributed by atoms with Crippen LogP contribution in [0.5, 0.6) is 0 Å². The molecular weight excluding hydrogens is 230 g/mol. The van der Waals surface area contributed by atoms with Crippen molar-refractivity contribution in [2.24, 2.45) is 5.92 Å². The molecule has 0 heterocycles. The average molecular weight is 259 g/mol. The third-order valence-electron chi connectivity index (χ3n) is 3.30. The highest BCUT2D eigenvalue weighted by Gasteiger charge is 2.15. The first-order chi connectivity index (χ1) is 8.89. The quantitative estimate of drug-likeness (QED) is 0.684. The Bertz CT molecular complexity index is 387. The minimum absolute atomic E-state index is 0.147. The lowest BCUT2D eigenvalue weighted by atomic mass is 9.96. The van der Waals surface area contributed by atoms with Crippen molar-refractivity contribution in [1.82, 2.24) is 5.32 Å². The molecule has 1 N–H and O–H groups in total. The highest BCUT2D eigenvalue weighted by atomic mass is 14.9. The second-order valence-corrected chi connectivity index (χ2v) is 6.58. The SMILES string of the molecule is C/C(=C\CC(C)(C)NCc1ccccc1)CC(C)C. The van der Waals surface area contributed by atoms with Gasteiger partial charge in [-0.05, 0) is 45.1 Å². The van der Waals surface area contributed by atoms with Gasteiger partial charge in [-0.15, -0.1) is 0 Å². The predicted octanol–water partition coefficient (Wildman–Crippen LogP) is 4.94. The highest BCUT2D eigenvalue weighted by molar-refractivity contribution is 5.14. The molecule has 19 heavy (non-hydrogen) atoms. The van der Waals surface area contributed by atoms with Crippen LogP contribution in [0.25, 0.3) is 0 Å². The van der Waals surface area contributed by atoms with Crippen molar-refractivity contribution >= 4 is 0 Å². The Hall–Kier alpha value is -1.08. The van der Waals surface area contributed by atoms with Gasteiger partial charge in [-0.1, -0.05) is 55.8 Å². The summed E-state index contributed by atoms with van der Waals surface area (Å²) in [5.41, 5.74) is 3.00. The lowest BCUT2D eigenvalue weighted by Gasteiger charge is -2.25. The van der Waals surface area contributed by atoms with Gasteiger partial charge in [0.25, 0.3) is 0 Å². The highest BCUT2D eigenvalue weighted by Crippen LogP contribution is 2.16. The molecule has 0 bridgehead atoms. The Morgan fingerprint density at radius 1 is 1.21 bits per heavy atom. The topological polar surface area (TPSA) is 12.0 Å². The first-order valence-corrected chi connectivity index (χ1v) is 7.33. The molecule has 0 aromatic heterocycles. The van der Waals surface area contributed by atoms with Crippen LogP contribution in [0.4, 0.5) is 0 Å². The van der Waals surface area contributed by atoms with Gasteiger partial charge in [-0.25, -0.2) is 0 Å². The molecule has 1 heteroatoms. The minimum Gasteiger partial charge on any atom is -0.307 e. The van der Waals surface area contributed by atoms with Crippen molar-refractivity contribution in [2.75, 3.05) is 0 Å². The van der Waals surface area contributed by atoms with Gasteiger partial charge < -0.3 is 5.32 Å². The fraction of sp³-hybridized carbons (Fsp3) is 0.556. The van der Waals surface area contributed by atoms with Gasteiger partial charge in [0.2, 0.25) is 0 Å². The molecule has 0 amide bonds. The van der Waals surface area contributed by atoms with Crippen LogP contribution >= 0.6 is 0 Å². The van der Waals surface area contributed by atoms with Crippen molar-refractivity contribution in [2.45, 2.75) is 59.5 Å². The van der Waals surface area contributed by atoms with E-state index < -0.39 is 0 Å². The van der Waals surface area contributed by atoms with Crippen molar-refractivity contribution in [3.63, 3.8) is 0 Å². The van der Waals surface area contributed by atoms with Crippen molar-refractivity contribution in [3.05, 3.63) is 47.5 Å². The second kappa shape index (κ2) is 7.49. The van der Waals surface area contributed by atoms with Crippen LogP contribution in [0.15, 0.2) is 42.0 Å². The summed E-state index contributed by atoms with van der Waals surface area (Å²) in [5, 5.41) is 3.64. The molecule has 0 saturated carbocycles. The van der Waals surface area contributed by atoms with Gasteiger partial charge in [-0.2, -0.15) is 0 Å². The summed E-state index contributed by atoms with van der Waals surface area (Å²) in [6, 6.07) is 10.6. The molecule has 0 fully saturated rings. The van der Waals surface area contributed by atoms with E-state index in [2.05, 4.69) is 76.3 Å². The fourth-order valence-corrected chi connectivity index (χ4v) is 2.17. The maximum atomic E-state index is 3.64. The maximum absolute atomic E-state index is 3.64. The van der Waals surface area contributed by atoms with Crippen LogP contribution < -0.4 is 5.32 Å². The number of benzene rings is 1. The molecule has 0 spiro atoms. The van der Waals surface area contributed by atoms with E-state index in [9.17, 15) is 0 Å². The maximum Gasteiger partial charge on any atom is 0.0210 e. The van der Waals surface area contributed by atoms with E-state index in [1.54, 1.807) is 0 Å². The number of hydrogen-bond donors (Lipinski definition) is 1. The normalized spacial score (nSPS) is 13.1. The second-order valence-electron chi connectivity index (χ2n) is 6.58. The summed E-state index contributed by atoms with van der Waals surface area (Å²) in [5.74, 6) is 0.747. The largest absolute Gasteiger partial charge is 0.307 e. The fourth-order valence-electron chi connectivity index (χ4n) is 2.17. The molecule has 0 aliphatic carbocycles. The van der Waals surface area contributed by atoms with Crippen LogP contribution in [0.1, 0.15) is 53.0 Å². The number of hydrogen-bond acceptors (Lipinski definition) is 1. The Morgan fingerprint density at radius 2 is 1.84 bits per heavy atom. The van der Waals surface area contributed by atoms with Crippen LogP contribution in [0.3, 0.4) is 0 Å². The zero-order valence-corrected chi connectivity index (χ0v) is 13.2. The van der Waals surface area contributed by atoms with E-state index in [-0.39, 0.29) is 5.54 Å².